The van der Waals surface area contributed by atoms with Crippen LogP contribution < -0.4 is 0 Å². The molecule has 2 aromatic carbocycles. The van der Waals surface area contributed by atoms with Crippen LogP contribution in [0, 0.1) is 5.82 Å². The van der Waals surface area contributed by atoms with Crippen LogP contribution in [0.4, 0.5) is 9.18 Å². The molecule has 0 N–H and O–H groups in total. The van der Waals surface area contributed by atoms with Crippen LogP contribution in [0.5, 0.6) is 0 Å². The van der Waals surface area contributed by atoms with Gasteiger partial charge in [0, 0.05) is 0 Å². The van der Waals surface area contributed by atoms with Gasteiger partial charge in [-0.25, -0.2) is 4.39 Å². The number of halogens is 1. The van der Waals surface area contributed by atoms with E-state index in [1.807, 2.05) is 30.3 Å². The normalized spacial score (nSPS) is 16.6. The fourth-order valence-corrected chi connectivity index (χ4v) is 2.95. The highest BCUT2D eigenvalue weighted by molar-refractivity contribution is 8.18. The van der Waals surface area contributed by atoms with Crippen LogP contribution in [-0.2, 0) is 11.3 Å². The van der Waals surface area contributed by atoms with Crippen LogP contribution in [0.3, 0.4) is 0 Å². The molecule has 0 saturated carbocycles. The zero-order valence-electron chi connectivity index (χ0n) is 11.5. The van der Waals surface area contributed by atoms with E-state index in [1.165, 1.54) is 17.0 Å². The molecule has 0 aromatic heterocycles. The summed E-state index contributed by atoms with van der Waals surface area (Å²) in [5.74, 6) is -0.655. The lowest BCUT2D eigenvalue weighted by molar-refractivity contribution is -0.123. The van der Waals surface area contributed by atoms with Crippen LogP contribution in [-0.4, -0.2) is 16.0 Å². The maximum absolute atomic E-state index is 12.9. The molecule has 0 spiro atoms. The van der Waals surface area contributed by atoms with Crippen molar-refractivity contribution >= 4 is 29.0 Å². The van der Waals surface area contributed by atoms with Gasteiger partial charge in [-0.3, -0.25) is 14.5 Å². The molecule has 2 aromatic rings. The molecule has 1 heterocycles. The van der Waals surface area contributed by atoms with Gasteiger partial charge in [-0.2, -0.15) is 0 Å². The molecule has 3 rings (SSSR count). The van der Waals surface area contributed by atoms with Crippen molar-refractivity contribution in [2.45, 2.75) is 6.54 Å². The Hall–Kier alpha value is -2.40. The number of rotatable bonds is 3. The van der Waals surface area contributed by atoms with Crippen molar-refractivity contribution in [3.63, 3.8) is 0 Å². The van der Waals surface area contributed by atoms with Gasteiger partial charge >= 0.3 is 0 Å². The molecule has 1 aliphatic rings. The smallest absolute Gasteiger partial charge is 0.268 e. The number of carbonyl (C=O) groups excluding carboxylic acids is 2. The van der Waals surface area contributed by atoms with Gasteiger partial charge in [-0.15, -0.1) is 0 Å². The Morgan fingerprint density at radius 2 is 1.68 bits per heavy atom. The lowest BCUT2D eigenvalue weighted by atomic mass is 10.2. The van der Waals surface area contributed by atoms with Crippen LogP contribution in [0.1, 0.15) is 11.1 Å². The van der Waals surface area contributed by atoms with Crippen molar-refractivity contribution in [2.75, 3.05) is 0 Å². The Morgan fingerprint density at radius 1 is 1.00 bits per heavy atom. The second-order valence-corrected chi connectivity index (χ2v) is 5.80. The van der Waals surface area contributed by atoms with Gasteiger partial charge in [-0.1, -0.05) is 42.5 Å². The predicted octanol–water partition coefficient (Wildman–Crippen LogP) is 4.06. The molecule has 110 valence electrons. The van der Waals surface area contributed by atoms with E-state index in [4.69, 9.17) is 0 Å². The van der Waals surface area contributed by atoms with Crippen LogP contribution >= 0.6 is 11.8 Å². The van der Waals surface area contributed by atoms with Crippen LogP contribution in [0.15, 0.2) is 59.5 Å². The molecule has 0 atom stereocenters. The average molecular weight is 313 g/mol. The first kappa shape index (κ1) is 14.5. The summed E-state index contributed by atoms with van der Waals surface area (Å²) in [6.45, 7) is 0.256. The highest BCUT2D eigenvalue weighted by Crippen LogP contribution is 2.33. The Bertz CT molecular complexity index is 741. The summed E-state index contributed by atoms with van der Waals surface area (Å²) < 4.78 is 12.9. The first-order valence-corrected chi connectivity index (χ1v) is 7.50. The first-order valence-electron chi connectivity index (χ1n) is 6.68. The molecule has 0 radical (unpaired) electrons. The Kier molecular flexibility index (Phi) is 4.06. The van der Waals surface area contributed by atoms with Gasteiger partial charge in [0.25, 0.3) is 11.1 Å². The Labute approximate surface area is 131 Å². The molecule has 0 unspecified atom stereocenters. The van der Waals surface area contributed by atoms with E-state index in [2.05, 4.69) is 0 Å². The van der Waals surface area contributed by atoms with E-state index in [0.717, 1.165) is 17.3 Å². The third kappa shape index (κ3) is 3.09. The van der Waals surface area contributed by atoms with Crippen molar-refractivity contribution in [2.24, 2.45) is 0 Å². The predicted molar refractivity (Wildman–Crippen MR) is 84.4 cm³/mol. The van der Waals surface area contributed by atoms with Crippen LogP contribution in [0.25, 0.3) is 6.08 Å². The molecule has 2 amide bonds. The lowest BCUT2D eigenvalue weighted by Crippen LogP contribution is -2.27. The van der Waals surface area contributed by atoms with Gasteiger partial charge in [0.1, 0.15) is 5.82 Å². The van der Waals surface area contributed by atoms with Gasteiger partial charge in [0.2, 0.25) is 0 Å². The van der Waals surface area contributed by atoms with E-state index >= 15 is 0 Å². The van der Waals surface area contributed by atoms with Crippen molar-refractivity contribution in [3.8, 4) is 0 Å². The molecule has 22 heavy (non-hydrogen) atoms. The number of nitrogens with zero attached hydrogens (tertiary/aromatic N) is 1. The quantitative estimate of drug-likeness (QED) is 0.802. The average Bonchev–Trinajstić information content (AvgIpc) is 2.78. The minimum atomic E-state index is -0.339. The molecule has 3 nitrogen and oxygen atoms in total. The summed E-state index contributed by atoms with van der Waals surface area (Å²) in [5.41, 5.74) is 1.58. The molecule has 1 fully saturated rings. The molecule has 0 aliphatic carbocycles. The van der Waals surface area contributed by atoms with Crippen molar-refractivity contribution in [1.29, 1.82) is 0 Å². The fourth-order valence-electron chi connectivity index (χ4n) is 2.11. The molecule has 1 saturated heterocycles. The number of hydrogen-bond donors (Lipinski definition) is 0. The third-order valence-electron chi connectivity index (χ3n) is 3.22. The van der Waals surface area contributed by atoms with Gasteiger partial charge < -0.3 is 0 Å². The van der Waals surface area contributed by atoms with Gasteiger partial charge in [-0.05, 0) is 41.1 Å². The summed E-state index contributed by atoms with van der Waals surface area (Å²) in [6.07, 6.45) is 1.61. The Balaban J connectivity index is 1.80. The standard InChI is InChI=1S/C17H12FNO2S/c18-14-8-6-12(7-9-14)10-15-16(20)19(17(21)22-15)11-13-4-2-1-3-5-13/h1-10H,11H2/b15-10-. The van der Waals surface area contributed by atoms with Gasteiger partial charge in [0.05, 0.1) is 11.4 Å². The van der Waals surface area contributed by atoms with E-state index in [9.17, 15) is 14.0 Å². The third-order valence-corrected chi connectivity index (χ3v) is 4.13. The van der Waals surface area contributed by atoms with Crippen molar-refractivity contribution in [1.82, 2.24) is 4.90 Å². The van der Waals surface area contributed by atoms with Gasteiger partial charge in [0.15, 0.2) is 0 Å². The van der Waals surface area contributed by atoms with Crippen molar-refractivity contribution < 1.29 is 14.0 Å². The second kappa shape index (κ2) is 6.15. The topological polar surface area (TPSA) is 37.4 Å². The number of benzene rings is 2. The monoisotopic (exact) mass is 313 g/mol. The minimum absolute atomic E-state index is 0.256. The largest absolute Gasteiger partial charge is 0.293 e. The highest BCUT2D eigenvalue weighted by Gasteiger charge is 2.34. The summed E-state index contributed by atoms with van der Waals surface area (Å²) >= 11 is 0.905. The molecular formula is C17H12FNO2S. The number of imide groups is 1. The van der Waals surface area contributed by atoms with E-state index in [1.54, 1.807) is 18.2 Å². The van der Waals surface area contributed by atoms with E-state index < -0.39 is 0 Å². The lowest BCUT2D eigenvalue weighted by Gasteiger charge is -2.12. The second-order valence-electron chi connectivity index (χ2n) is 4.81. The molecular weight excluding hydrogens is 301 g/mol. The number of hydrogen-bond acceptors (Lipinski definition) is 3. The van der Waals surface area contributed by atoms with Crippen molar-refractivity contribution in [3.05, 3.63) is 76.4 Å². The minimum Gasteiger partial charge on any atom is -0.268 e. The van der Waals surface area contributed by atoms with E-state index in [0.29, 0.717) is 10.5 Å². The summed E-state index contributed by atoms with van der Waals surface area (Å²) in [4.78, 5) is 25.9. The summed E-state index contributed by atoms with van der Waals surface area (Å²) in [7, 11) is 0. The number of carbonyl (C=O) groups is 2. The Morgan fingerprint density at radius 3 is 2.36 bits per heavy atom. The molecule has 0 bridgehead atoms. The number of thioether (sulfide) groups is 1. The SMILES string of the molecule is O=C1S/C(=C\c2ccc(F)cc2)C(=O)N1Cc1ccccc1. The molecule has 1 aliphatic heterocycles. The first-order chi connectivity index (χ1) is 10.6. The summed E-state index contributed by atoms with van der Waals surface area (Å²) in [6, 6.07) is 15.1. The van der Waals surface area contributed by atoms with Crippen LogP contribution in [0.2, 0.25) is 0 Å². The van der Waals surface area contributed by atoms with E-state index in [-0.39, 0.29) is 23.5 Å². The number of amides is 2. The zero-order chi connectivity index (χ0) is 15.5. The molecule has 5 heteroatoms. The maximum Gasteiger partial charge on any atom is 0.293 e. The zero-order valence-corrected chi connectivity index (χ0v) is 12.3. The highest BCUT2D eigenvalue weighted by atomic mass is 32.2. The summed E-state index contributed by atoms with van der Waals surface area (Å²) in [5, 5.41) is -0.290. The fraction of sp³-hybridized carbons (Fsp3) is 0.0588. The maximum atomic E-state index is 12.9.